The summed E-state index contributed by atoms with van der Waals surface area (Å²) in [5, 5.41) is 3.16. The number of hydrogen-bond acceptors (Lipinski definition) is 2. The third-order valence-electron chi connectivity index (χ3n) is 2.99. The molecule has 2 rings (SSSR count). The van der Waals surface area contributed by atoms with Crippen molar-refractivity contribution in [2.75, 3.05) is 0 Å². The number of benzene rings is 1. The Bertz CT molecular complexity index is 560. The molecule has 1 N–H and O–H groups in total. The molecule has 0 fully saturated rings. The van der Waals surface area contributed by atoms with E-state index in [4.69, 9.17) is 16.0 Å². The van der Waals surface area contributed by atoms with Crippen molar-refractivity contribution >= 4 is 17.5 Å². The first-order valence-electron chi connectivity index (χ1n) is 6.23. The smallest absolute Gasteiger partial charge is 0.287 e. The van der Waals surface area contributed by atoms with Crippen molar-refractivity contribution in [3.05, 3.63) is 58.5 Å². The zero-order chi connectivity index (χ0) is 13.8. The van der Waals surface area contributed by atoms with Gasteiger partial charge < -0.3 is 9.73 Å². The van der Waals surface area contributed by atoms with Gasteiger partial charge in [-0.05, 0) is 42.6 Å². The van der Waals surface area contributed by atoms with Gasteiger partial charge in [0.25, 0.3) is 5.91 Å². The molecule has 0 radical (unpaired) electrons. The molecule has 100 valence electrons. The van der Waals surface area contributed by atoms with E-state index in [0.29, 0.717) is 0 Å². The Morgan fingerprint density at radius 3 is 2.47 bits per heavy atom. The van der Waals surface area contributed by atoms with E-state index >= 15 is 0 Å². The Kier molecular flexibility index (Phi) is 4.27. The summed E-state index contributed by atoms with van der Waals surface area (Å²) in [5.74, 6) is -0.0186. The molecule has 0 bridgehead atoms. The Morgan fingerprint density at radius 2 is 1.95 bits per heavy atom. The lowest BCUT2D eigenvalue weighted by atomic mass is 10.0. The number of rotatable bonds is 4. The highest BCUT2D eigenvalue weighted by atomic mass is 35.5. The number of hydrogen-bond donors (Lipinski definition) is 1. The zero-order valence-corrected chi connectivity index (χ0v) is 11.7. The molecule has 1 atom stereocenters. The number of amides is 1. The SMILES string of the molecule is CCC(NC(=O)c1ccc(Cl)o1)c1ccc(C)cc1. The van der Waals surface area contributed by atoms with E-state index in [1.807, 2.05) is 38.1 Å². The lowest BCUT2D eigenvalue weighted by Crippen LogP contribution is -2.27. The number of carbonyl (C=O) groups is 1. The van der Waals surface area contributed by atoms with Crippen molar-refractivity contribution in [3.8, 4) is 0 Å². The molecule has 4 heteroatoms. The van der Waals surface area contributed by atoms with Crippen molar-refractivity contribution in [1.82, 2.24) is 5.32 Å². The van der Waals surface area contributed by atoms with E-state index < -0.39 is 0 Å². The standard InChI is InChI=1S/C15H16ClNO2/c1-3-12(11-6-4-10(2)5-7-11)17-15(18)13-8-9-14(16)19-13/h4-9,12H,3H2,1-2H3,(H,17,18). The highest BCUT2D eigenvalue weighted by Gasteiger charge is 2.16. The average Bonchev–Trinajstić information content (AvgIpc) is 2.84. The number of aryl methyl sites for hydroxylation is 1. The molecule has 19 heavy (non-hydrogen) atoms. The molecule has 0 saturated heterocycles. The van der Waals surface area contributed by atoms with Crippen molar-refractivity contribution in [1.29, 1.82) is 0 Å². The van der Waals surface area contributed by atoms with Crippen LogP contribution in [0.25, 0.3) is 0 Å². The van der Waals surface area contributed by atoms with Crippen LogP contribution in [0, 0.1) is 6.92 Å². The maximum atomic E-state index is 12.0. The van der Waals surface area contributed by atoms with Crippen LogP contribution >= 0.6 is 11.6 Å². The molecular weight excluding hydrogens is 262 g/mol. The maximum absolute atomic E-state index is 12.0. The summed E-state index contributed by atoms with van der Waals surface area (Å²) in [5.41, 5.74) is 2.28. The Hall–Kier alpha value is -1.74. The number of furan rings is 1. The summed E-state index contributed by atoms with van der Waals surface area (Å²) in [6, 6.07) is 11.2. The molecular formula is C15H16ClNO2. The van der Waals surface area contributed by atoms with Gasteiger partial charge in [0.1, 0.15) is 0 Å². The van der Waals surface area contributed by atoms with Crippen LogP contribution in [0.4, 0.5) is 0 Å². The van der Waals surface area contributed by atoms with Gasteiger partial charge in [-0.25, -0.2) is 0 Å². The molecule has 1 aromatic carbocycles. The van der Waals surface area contributed by atoms with Crippen LogP contribution in [-0.4, -0.2) is 5.91 Å². The lowest BCUT2D eigenvalue weighted by Gasteiger charge is -2.16. The quantitative estimate of drug-likeness (QED) is 0.913. The predicted molar refractivity (Wildman–Crippen MR) is 75.4 cm³/mol. The van der Waals surface area contributed by atoms with Crippen LogP contribution in [0.3, 0.4) is 0 Å². The summed E-state index contributed by atoms with van der Waals surface area (Å²) in [6.07, 6.45) is 0.809. The van der Waals surface area contributed by atoms with Gasteiger partial charge in [-0.15, -0.1) is 0 Å². The Balaban J connectivity index is 2.11. The van der Waals surface area contributed by atoms with Crippen molar-refractivity contribution in [2.24, 2.45) is 0 Å². The van der Waals surface area contributed by atoms with Gasteiger partial charge in [-0.2, -0.15) is 0 Å². The van der Waals surface area contributed by atoms with E-state index in [2.05, 4.69) is 5.32 Å². The molecule has 2 aromatic rings. The summed E-state index contributed by atoms with van der Waals surface area (Å²) in [7, 11) is 0. The second-order valence-electron chi connectivity index (χ2n) is 4.45. The molecule has 0 aliphatic carbocycles. The molecule has 1 amide bonds. The molecule has 0 spiro atoms. The fourth-order valence-electron chi connectivity index (χ4n) is 1.89. The van der Waals surface area contributed by atoms with Crippen LogP contribution in [0.5, 0.6) is 0 Å². The Labute approximate surface area is 117 Å². The summed E-state index contributed by atoms with van der Waals surface area (Å²) >= 11 is 5.66. The molecule has 0 saturated carbocycles. The van der Waals surface area contributed by atoms with E-state index in [0.717, 1.165) is 12.0 Å². The van der Waals surface area contributed by atoms with E-state index in [1.165, 1.54) is 5.56 Å². The van der Waals surface area contributed by atoms with Crippen LogP contribution in [0.2, 0.25) is 5.22 Å². The second-order valence-corrected chi connectivity index (χ2v) is 4.82. The second kappa shape index (κ2) is 5.93. The fraction of sp³-hybridized carbons (Fsp3) is 0.267. The van der Waals surface area contributed by atoms with Crippen LogP contribution in [0.1, 0.15) is 41.1 Å². The minimum atomic E-state index is -0.251. The van der Waals surface area contributed by atoms with Gasteiger partial charge in [-0.1, -0.05) is 36.8 Å². The number of halogens is 1. The molecule has 1 aromatic heterocycles. The van der Waals surface area contributed by atoms with Gasteiger partial charge in [0.15, 0.2) is 11.0 Å². The van der Waals surface area contributed by atoms with Gasteiger partial charge >= 0.3 is 0 Å². The average molecular weight is 278 g/mol. The monoisotopic (exact) mass is 277 g/mol. The summed E-state index contributed by atoms with van der Waals surface area (Å²) < 4.78 is 5.10. The first-order valence-corrected chi connectivity index (χ1v) is 6.60. The molecule has 1 heterocycles. The van der Waals surface area contributed by atoms with E-state index in [1.54, 1.807) is 12.1 Å². The zero-order valence-electron chi connectivity index (χ0n) is 10.9. The topological polar surface area (TPSA) is 42.2 Å². The van der Waals surface area contributed by atoms with E-state index in [9.17, 15) is 4.79 Å². The minimum Gasteiger partial charge on any atom is -0.440 e. The first kappa shape index (κ1) is 13.7. The molecule has 0 aliphatic heterocycles. The largest absolute Gasteiger partial charge is 0.440 e. The summed E-state index contributed by atoms with van der Waals surface area (Å²) in [6.45, 7) is 4.06. The van der Waals surface area contributed by atoms with Gasteiger partial charge in [0.05, 0.1) is 6.04 Å². The van der Waals surface area contributed by atoms with Crippen molar-refractivity contribution in [2.45, 2.75) is 26.3 Å². The number of carbonyl (C=O) groups excluding carboxylic acids is 1. The van der Waals surface area contributed by atoms with Gasteiger partial charge in [-0.3, -0.25) is 4.79 Å². The first-order chi connectivity index (χ1) is 9.10. The third-order valence-corrected chi connectivity index (χ3v) is 3.19. The summed E-state index contributed by atoms with van der Waals surface area (Å²) in [4.78, 5) is 12.0. The van der Waals surface area contributed by atoms with E-state index in [-0.39, 0.29) is 22.9 Å². The third kappa shape index (κ3) is 3.38. The highest BCUT2D eigenvalue weighted by molar-refractivity contribution is 6.29. The van der Waals surface area contributed by atoms with Gasteiger partial charge in [0, 0.05) is 0 Å². The lowest BCUT2D eigenvalue weighted by molar-refractivity contribution is 0.0907. The minimum absolute atomic E-state index is 0.0306. The van der Waals surface area contributed by atoms with Crippen molar-refractivity contribution in [3.63, 3.8) is 0 Å². The van der Waals surface area contributed by atoms with Crippen molar-refractivity contribution < 1.29 is 9.21 Å². The van der Waals surface area contributed by atoms with Crippen LogP contribution in [-0.2, 0) is 0 Å². The highest BCUT2D eigenvalue weighted by Crippen LogP contribution is 2.19. The Morgan fingerprint density at radius 1 is 1.26 bits per heavy atom. The molecule has 3 nitrogen and oxygen atoms in total. The maximum Gasteiger partial charge on any atom is 0.287 e. The van der Waals surface area contributed by atoms with Crippen LogP contribution in [0.15, 0.2) is 40.8 Å². The van der Waals surface area contributed by atoms with Crippen LogP contribution < -0.4 is 5.32 Å². The fourth-order valence-corrected chi connectivity index (χ4v) is 2.03. The normalized spacial score (nSPS) is 12.2. The van der Waals surface area contributed by atoms with Gasteiger partial charge in [0.2, 0.25) is 0 Å². The molecule has 0 aliphatic rings. The molecule has 1 unspecified atom stereocenters. The number of nitrogens with one attached hydrogen (secondary N) is 1. The predicted octanol–water partition coefficient (Wildman–Crippen LogP) is 4.12.